The third-order valence-corrected chi connectivity index (χ3v) is 3.45. The molecule has 1 aliphatic rings. The number of hydrogen-bond acceptors (Lipinski definition) is 4. The second kappa shape index (κ2) is 5.67. The highest BCUT2D eigenvalue weighted by atomic mass is 16.5. The molecule has 2 heterocycles. The van der Waals surface area contributed by atoms with E-state index in [0.29, 0.717) is 6.54 Å². The summed E-state index contributed by atoms with van der Waals surface area (Å²) in [7, 11) is 2.11. The van der Waals surface area contributed by atoms with Crippen LogP contribution in [-0.2, 0) is 11.3 Å². The van der Waals surface area contributed by atoms with Crippen LogP contribution >= 0.6 is 0 Å². The van der Waals surface area contributed by atoms with Crippen molar-refractivity contribution in [1.29, 1.82) is 0 Å². The van der Waals surface area contributed by atoms with Crippen molar-refractivity contribution in [3.05, 3.63) is 24.2 Å². The topological polar surface area (TPSA) is 51.6 Å². The van der Waals surface area contributed by atoms with E-state index in [0.717, 1.165) is 44.9 Å². The fraction of sp³-hybridized carbons (Fsp3) is 0.692. The number of rotatable bonds is 5. The third-order valence-electron chi connectivity index (χ3n) is 3.45. The fourth-order valence-electron chi connectivity index (χ4n) is 2.56. The molecule has 0 saturated carbocycles. The lowest BCUT2D eigenvalue weighted by Gasteiger charge is -2.38. The first-order valence-corrected chi connectivity index (χ1v) is 6.23. The fourth-order valence-corrected chi connectivity index (χ4v) is 2.56. The summed E-state index contributed by atoms with van der Waals surface area (Å²) in [5.41, 5.74) is 6.05. The van der Waals surface area contributed by atoms with Gasteiger partial charge in [-0.2, -0.15) is 0 Å². The molecule has 17 heavy (non-hydrogen) atoms. The summed E-state index contributed by atoms with van der Waals surface area (Å²) in [6.45, 7) is 4.14. The van der Waals surface area contributed by atoms with E-state index >= 15 is 0 Å². The molecule has 0 spiro atoms. The molecule has 1 aromatic rings. The van der Waals surface area contributed by atoms with Gasteiger partial charge >= 0.3 is 0 Å². The minimum atomic E-state index is 0.125. The first kappa shape index (κ1) is 12.6. The van der Waals surface area contributed by atoms with Crippen LogP contribution in [0.3, 0.4) is 0 Å². The molecule has 96 valence electrons. The number of hydrogen-bond donors (Lipinski definition) is 1. The molecule has 1 aliphatic heterocycles. The lowest BCUT2D eigenvalue weighted by Crippen LogP contribution is -2.46. The van der Waals surface area contributed by atoms with Crippen LogP contribution in [0.15, 0.2) is 22.8 Å². The van der Waals surface area contributed by atoms with E-state index in [1.165, 1.54) is 0 Å². The van der Waals surface area contributed by atoms with Crippen LogP contribution in [0.5, 0.6) is 0 Å². The Hall–Kier alpha value is -0.840. The van der Waals surface area contributed by atoms with Gasteiger partial charge in [0.15, 0.2) is 0 Å². The molecule has 2 N–H and O–H groups in total. The van der Waals surface area contributed by atoms with Crippen LogP contribution in [0.2, 0.25) is 0 Å². The summed E-state index contributed by atoms with van der Waals surface area (Å²) in [4.78, 5) is 2.26. The average molecular weight is 238 g/mol. The summed E-state index contributed by atoms with van der Waals surface area (Å²) < 4.78 is 10.9. The van der Waals surface area contributed by atoms with Gasteiger partial charge in [0.2, 0.25) is 0 Å². The Morgan fingerprint density at radius 2 is 2.41 bits per heavy atom. The van der Waals surface area contributed by atoms with Gasteiger partial charge in [-0.05, 0) is 32.0 Å². The number of furan rings is 1. The van der Waals surface area contributed by atoms with Crippen LogP contribution < -0.4 is 5.73 Å². The van der Waals surface area contributed by atoms with Crippen LogP contribution in [0.25, 0.3) is 0 Å². The molecule has 2 rings (SSSR count). The normalized spacial score (nSPS) is 25.4. The van der Waals surface area contributed by atoms with E-state index in [2.05, 4.69) is 11.9 Å². The Labute approximate surface area is 103 Å². The van der Waals surface area contributed by atoms with Gasteiger partial charge in [-0.3, -0.25) is 4.90 Å². The summed E-state index contributed by atoms with van der Waals surface area (Å²) in [6, 6.07) is 3.93. The molecule has 1 unspecified atom stereocenters. The molecule has 4 heteroatoms. The van der Waals surface area contributed by atoms with Crippen molar-refractivity contribution in [3.63, 3.8) is 0 Å². The molecule has 0 radical (unpaired) electrons. The highest BCUT2D eigenvalue weighted by Crippen LogP contribution is 2.28. The molecule has 0 aliphatic carbocycles. The van der Waals surface area contributed by atoms with Crippen LogP contribution in [-0.4, -0.2) is 38.3 Å². The molecule has 1 saturated heterocycles. The van der Waals surface area contributed by atoms with Crippen molar-refractivity contribution < 1.29 is 9.15 Å². The molecule has 1 atom stereocenters. The number of nitrogens with two attached hydrogens (primary N) is 1. The van der Waals surface area contributed by atoms with E-state index < -0.39 is 0 Å². The Balaban J connectivity index is 1.89. The predicted octanol–water partition coefficient (Wildman–Crippen LogP) is 1.47. The van der Waals surface area contributed by atoms with E-state index in [4.69, 9.17) is 14.9 Å². The molecule has 1 aromatic heterocycles. The Morgan fingerprint density at radius 3 is 3.00 bits per heavy atom. The van der Waals surface area contributed by atoms with Gasteiger partial charge in [-0.15, -0.1) is 0 Å². The van der Waals surface area contributed by atoms with E-state index in [1.807, 2.05) is 12.1 Å². The van der Waals surface area contributed by atoms with Gasteiger partial charge in [-0.1, -0.05) is 0 Å². The van der Waals surface area contributed by atoms with E-state index in [1.54, 1.807) is 6.26 Å². The van der Waals surface area contributed by atoms with Gasteiger partial charge in [0.25, 0.3) is 0 Å². The molecular formula is C13H22N2O2. The van der Waals surface area contributed by atoms with Crippen LogP contribution in [0.4, 0.5) is 0 Å². The maximum absolute atomic E-state index is 5.93. The first-order chi connectivity index (χ1) is 8.24. The molecule has 4 nitrogen and oxygen atoms in total. The van der Waals surface area contributed by atoms with Gasteiger partial charge < -0.3 is 14.9 Å². The standard InChI is InChI=1S/C13H22N2O2/c1-15(8-12-4-2-7-17-12)10-13(9-14)5-3-6-16-11-13/h2,4,7H,3,5-6,8-11,14H2,1H3. The van der Waals surface area contributed by atoms with Gasteiger partial charge in [-0.25, -0.2) is 0 Å². The van der Waals surface area contributed by atoms with Gasteiger partial charge in [0.1, 0.15) is 5.76 Å². The predicted molar refractivity (Wildman–Crippen MR) is 66.6 cm³/mol. The largest absolute Gasteiger partial charge is 0.468 e. The zero-order valence-corrected chi connectivity index (χ0v) is 10.5. The molecular weight excluding hydrogens is 216 g/mol. The monoisotopic (exact) mass is 238 g/mol. The van der Waals surface area contributed by atoms with Gasteiger partial charge in [0.05, 0.1) is 19.4 Å². The van der Waals surface area contributed by atoms with Crippen molar-refractivity contribution in [3.8, 4) is 0 Å². The minimum absolute atomic E-state index is 0.125. The summed E-state index contributed by atoms with van der Waals surface area (Å²) in [6.07, 6.45) is 3.99. The Morgan fingerprint density at radius 1 is 1.53 bits per heavy atom. The molecule has 0 bridgehead atoms. The minimum Gasteiger partial charge on any atom is -0.468 e. The Bertz CT molecular complexity index is 318. The first-order valence-electron chi connectivity index (χ1n) is 6.23. The SMILES string of the molecule is CN(Cc1ccco1)CC1(CN)CCCOC1. The molecule has 0 aromatic carbocycles. The van der Waals surface area contributed by atoms with Crippen molar-refractivity contribution in [1.82, 2.24) is 4.90 Å². The Kier molecular flexibility index (Phi) is 4.20. The van der Waals surface area contributed by atoms with Gasteiger partial charge in [0, 0.05) is 25.1 Å². The maximum Gasteiger partial charge on any atom is 0.117 e. The highest BCUT2D eigenvalue weighted by Gasteiger charge is 2.32. The highest BCUT2D eigenvalue weighted by molar-refractivity contribution is 4.98. The van der Waals surface area contributed by atoms with Crippen LogP contribution in [0.1, 0.15) is 18.6 Å². The second-order valence-corrected chi connectivity index (χ2v) is 5.11. The average Bonchev–Trinajstić information content (AvgIpc) is 2.83. The molecule has 0 amide bonds. The third kappa shape index (κ3) is 3.31. The van der Waals surface area contributed by atoms with Crippen molar-refractivity contribution in [2.45, 2.75) is 19.4 Å². The maximum atomic E-state index is 5.93. The summed E-state index contributed by atoms with van der Waals surface area (Å²) in [5.74, 6) is 0.997. The van der Waals surface area contributed by atoms with Crippen LogP contribution in [0, 0.1) is 5.41 Å². The second-order valence-electron chi connectivity index (χ2n) is 5.11. The lowest BCUT2D eigenvalue weighted by atomic mass is 9.82. The van der Waals surface area contributed by atoms with E-state index in [9.17, 15) is 0 Å². The smallest absolute Gasteiger partial charge is 0.117 e. The molecule has 1 fully saturated rings. The summed E-state index contributed by atoms with van der Waals surface area (Å²) >= 11 is 0. The van der Waals surface area contributed by atoms with Crippen molar-refractivity contribution >= 4 is 0 Å². The quantitative estimate of drug-likeness (QED) is 0.844. The number of ether oxygens (including phenoxy) is 1. The van der Waals surface area contributed by atoms with E-state index in [-0.39, 0.29) is 5.41 Å². The van der Waals surface area contributed by atoms with Crippen molar-refractivity contribution in [2.75, 3.05) is 33.4 Å². The number of nitrogens with zero attached hydrogens (tertiary/aromatic N) is 1. The summed E-state index contributed by atoms with van der Waals surface area (Å²) in [5, 5.41) is 0. The zero-order valence-electron chi connectivity index (χ0n) is 10.5. The zero-order chi connectivity index (χ0) is 12.1. The lowest BCUT2D eigenvalue weighted by molar-refractivity contribution is -0.0199. The van der Waals surface area contributed by atoms with Crippen molar-refractivity contribution in [2.24, 2.45) is 11.1 Å².